The highest BCUT2D eigenvalue weighted by molar-refractivity contribution is 7.90. The van der Waals surface area contributed by atoms with Crippen LogP contribution < -0.4 is 5.32 Å². The van der Waals surface area contributed by atoms with Crippen molar-refractivity contribution < 1.29 is 8.42 Å². The third-order valence-electron chi connectivity index (χ3n) is 3.85. The van der Waals surface area contributed by atoms with Gasteiger partial charge in [-0.1, -0.05) is 36.4 Å². The SMILES string of the molecule is Cc1ccc2nc(CN[C@@H](CS(C)(=O)=O)c3ccccc3)cn2c1. The molecule has 0 spiro atoms. The minimum absolute atomic E-state index is 0.0590. The first-order valence-electron chi connectivity index (χ1n) is 7.81. The fourth-order valence-electron chi connectivity index (χ4n) is 2.73. The largest absolute Gasteiger partial charge is 0.307 e. The summed E-state index contributed by atoms with van der Waals surface area (Å²) in [6.45, 7) is 2.55. The number of imidazole rings is 1. The van der Waals surface area contributed by atoms with E-state index in [4.69, 9.17) is 0 Å². The van der Waals surface area contributed by atoms with Crippen LogP contribution in [0.3, 0.4) is 0 Å². The van der Waals surface area contributed by atoms with Crippen LogP contribution in [0.5, 0.6) is 0 Å². The molecule has 0 radical (unpaired) electrons. The van der Waals surface area contributed by atoms with Crippen molar-refractivity contribution >= 4 is 15.5 Å². The predicted octanol–water partition coefficient (Wildman–Crippen LogP) is 2.52. The number of aryl methyl sites for hydroxylation is 1. The summed E-state index contributed by atoms with van der Waals surface area (Å²) in [6, 6.07) is 13.4. The van der Waals surface area contributed by atoms with E-state index in [1.807, 2.05) is 66.2 Å². The number of fused-ring (bicyclic) bond motifs is 1. The quantitative estimate of drug-likeness (QED) is 0.747. The first-order chi connectivity index (χ1) is 11.4. The molecule has 1 aromatic carbocycles. The van der Waals surface area contributed by atoms with Crippen LogP contribution in [0.1, 0.15) is 22.9 Å². The zero-order chi connectivity index (χ0) is 17.2. The maximum atomic E-state index is 11.7. The molecule has 0 fully saturated rings. The average Bonchev–Trinajstić information content (AvgIpc) is 2.93. The number of pyridine rings is 1. The van der Waals surface area contributed by atoms with E-state index >= 15 is 0 Å². The third kappa shape index (κ3) is 4.21. The summed E-state index contributed by atoms with van der Waals surface area (Å²) in [5.74, 6) is 0.0590. The molecule has 0 aliphatic carbocycles. The minimum Gasteiger partial charge on any atom is -0.307 e. The van der Waals surface area contributed by atoms with E-state index in [0.29, 0.717) is 6.54 Å². The molecule has 126 valence electrons. The van der Waals surface area contributed by atoms with E-state index in [1.165, 1.54) is 11.8 Å². The van der Waals surface area contributed by atoms with Crippen molar-refractivity contribution in [3.8, 4) is 0 Å². The predicted molar refractivity (Wildman–Crippen MR) is 95.7 cm³/mol. The van der Waals surface area contributed by atoms with E-state index in [9.17, 15) is 8.42 Å². The molecular weight excluding hydrogens is 322 g/mol. The molecule has 2 heterocycles. The van der Waals surface area contributed by atoms with Crippen molar-refractivity contribution in [2.45, 2.75) is 19.5 Å². The van der Waals surface area contributed by atoms with Gasteiger partial charge in [0.25, 0.3) is 0 Å². The molecule has 6 heteroatoms. The summed E-state index contributed by atoms with van der Waals surface area (Å²) in [5.41, 5.74) is 3.90. The molecule has 0 amide bonds. The molecule has 0 aliphatic heterocycles. The number of aromatic nitrogens is 2. The Morgan fingerprint density at radius 2 is 1.88 bits per heavy atom. The second-order valence-corrected chi connectivity index (χ2v) is 8.33. The van der Waals surface area contributed by atoms with E-state index in [-0.39, 0.29) is 11.8 Å². The normalized spacial score (nSPS) is 13.2. The van der Waals surface area contributed by atoms with Gasteiger partial charge in [0.05, 0.1) is 11.4 Å². The molecule has 3 rings (SSSR count). The topological polar surface area (TPSA) is 63.5 Å². The average molecular weight is 343 g/mol. The van der Waals surface area contributed by atoms with Crippen LogP contribution in [-0.4, -0.2) is 29.8 Å². The van der Waals surface area contributed by atoms with Gasteiger partial charge in [-0.25, -0.2) is 13.4 Å². The van der Waals surface area contributed by atoms with Crippen LogP contribution >= 0.6 is 0 Å². The molecule has 0 aliphatic rings. The fraction of sp³-hybridized carbons (Fsp3) is 0.278. The van der Waals surface area contributed by atoms with Crippen LogP contribution in [0.15, 0.2) is 54.9 Å². The van der Waals surface area contributed by atoms with E-state index < -0.39 is 9.84 Å². The Bertz CT molecular complexity index is 933. The number of hydrogen-bond acceptors (Lipinski definition) is 4. The lowest BCUT2D eigenvalue weighted by molar-refractivity contribution is 0.547. The lowest BCUT2D eigenvalue weighted by Crippen LogP contribution is -2.27. The first kappa shape index (κ1) is 16.7. The van der Waals surface area contributed by atoms with Crippen LogP contribution in [-0.2, 0) is 16.4 Å². The van der Waals surface area contributed by atoms with Crippen molar-refractivity contribution in [2.24, 2.45) is 0 Å². The zero-order valence-electron chi connectivity index (χ0n) is 13.8. The number of hydrogen-bond donors (Lipinski definition) is 1. The molecule has 0 bridgehead atoms. The summed E-state index contributed by atoms with van der Waals surface area (Å²) < 4.78 is 25.5. The highest BCUT2D eigenvalue weighted by atomic mass is 32.2. The maximum Gasteiger partial charge on any atom is 0.149 e. The Hall–Kier alpha value is -2.18. The van der Waals surface area contributed by atoms with Crippen molar-refractivity contribution in [1.29, 1.82) is 0 Å². The molecule has 0 saturated carbocycles. The number of benzene rings is 1. The second-order valence-electron chi connectivity index (χ2n) is 6.14. The van der Waals surface area contributed by atoms with E-state index in [0.717, 1.165) is 16.9 Å². The minimum atomic E-state index is -3.09. The van der Waals surface area contributed by atoms with Gasteiger partial charge in [0.2, 0.25) is 0 Å². The first-order valence-corrected chi connectivity index (χ1v) is 9.87. The lowest BCUT2D eigenvalue weighted by Gasteiger charge is -2.17. The zero-order valence-corrected chi connectivity index (χ0v) is 14.6. The molecular formula is C18H21N3O2S. The summed E-state index contributed by atoms with van der Waals surface area (Å²) in [4.78, 5) is 4.57. The Morgan fingerprint density at radius 1 is 1.12 bits per heavy atom. The van der Waals surface area contributed by atoms with Gasteiger partial charge in [-0.05, 0) is 24.1 Å². The van der Waals surface area contributed by atoms with Gasteiger partial charge in [0.15, 0.2) is 0 Å². The van der Waals surface area contributed by atoms with Gasteiger partial charge in [0.1, 0.15) is 15.5 Å². The van der Waals surface area contributed by atoms with Gasteiger partial charge < -0.3 is 9.72 Å². The standard InChI is InChI=1S/C18H21N3O2S/c1-14-8-9-18-20-16(12-21(18)11-14)10-19-17(13-24(2,22)23)15-6-4-3-5-7-15/h3-9,11-12,17,19H,10,13H2,1-2H3/t17-/m0/s1. The van der Waals surface area contributed by atoms with Gasteiger partial charge >= 0.3 is 0 Å². The Balaban J connectivity index is 1.79. The molecule has 0 saturated heterocycles. The molecule has 5 nitrogen and oxygen atoms in total. The summed E-state index contributed by atoms with van der Waals surface area (Å²) in [7, 11) is -3.09. The Kier molecular flexibility index (Phi) is 4.69. The lowest BCUT2D eigenvalue weighted by atomic mass is 10.1. The maximum absolute atomic E-state index is 11.7. The molecule has 3 aromatic rings. The van der Waals surface area contributed by atoms with Gasteiger partial charge in [0, 0.05) is 31.2 Å². The smallest absolute Gasteiger partial charge is 0.149 e. The number of nitrogens with one attached hydrogen (secondary N) is 1. The van der Waals surface area contributed by atoms with Crippen LogP contribution in [0.25, 0.3) is 5.65 Å². The number of nitrogens with zero attached hydrogens (tertiary/aromatic N) is 2. The van der Waals surface area contributed by atoms with Crippen molar-refractivity contribution in [3.63, 3.8) is 0 Å². The fourth-order valence-corrected chi connectivity index (χ4v) is 3.65. The van der Waals surface area contributed by atoms with Crippen LogP contribution in [0, 0.1) is 6.92 Å². The Morgan fingerprint density at radius 3 is 2.58 bits per heavy atom. The van der Waals surface area contributed by atoms with Gasteiger partial charge in [-0.2, -0.15) is 0 Å². The van der Waals surface area contributed by atoms with Crippen LogP contribution in [0.2, 0.25) is 0 Å². The van der Waals surface area contributed by atoms with Crippen molar-refractivity contribution in [2.75, 3.05) is 12.0 Å². The van der Waals surface area contributed by atoms with Crippen molar-refractivity contribution in [1.82, 2.24) is 14.7 Å². The molecule has 2 aromatic heterocycles. The number of sulfone groups is 1. The van der Waals surface area contributed by atoms with Crippen molar-refractivity contribution in [3.05, 3.63) is 71.7 Å². The number of rotatable bonds is 6. The monoisotopic (exact) mass is 343 g/mol. The molecule has 0 unspecified atom stereocenters. The van der Waals surface area contributed by atoms with Gasteiger partial charge in [-0.15, -0.1) is 0 Å². The summed E-state index contributed by atoms with van der Waals surface area (Å²) in [6.07, 6.45) is 5.26. The highest BCUT2D eigenvalue weighted by Gasteiger charge is 2.17. The van der Waals surface area contributed by atoms with E-state index in [1.54, 1.807) is 0 Å². The van der Waals surface area contributed by atoms with E-state index in [2.05, 4.69) is 10.3 Å². The summed E-state index contributed by atoms with van der Waals surface area (Å²) >= 11 is 0. The highest BCUT2D eigenvalue weighted by Crippen LogP contribution is 2.16. The molecule has 1 atom stereocenters. The summed E-state index contributed by atoms with van der Waals surface area (Å²) in [5, 5.41) is 3.33. The molecule has 24 heavy (non-hydrogen) atoms. The van der Waals surface area contributed by atoms with Gasteiger partial charge in [-0.3, -0.25) is 0 Å². The van der Waals surface area contributed by atoms with Crippen LogP contribution in [0.4, 0.5) is 0 Å². The molecule has 1 N–H and O–H groups in total. The third-order valence-corrected chi connectivity index (χ3v) is 4.79. The second kappa shape index (κ2) is 6.75. The Labute approximate surface area is 142 Å².